The summed E-state index contributed by atoms with van der Waals surface area (Å²) in [5, 5.41) is 5.69. The first-order chi connectivity index (χ1) is 11.6. The fourth-order valence-electron chi connectivity index (χ4n) is 2.65. The Hall–Kier alpha value is -2.18. The summed E-state index contributed by atoms with van der Waals surface area (Å²) in [6.45, 7) is 2.81. The Morgan fingerprint density at radius 1 is 1.24 bits per heavy atom. The molecule has 0 bridgehead atoms. The van der Waals surface area contributed by atoms with Crippen LogP contribution in [0.15, 0.2) is 36.4 Å². The number of hydrogen-bond acceptors (Lipinski definition) is 3. The lowest BCUT2D eigenvalue weighted by Gasteiger charge is -2.20. The van der Waals surface area contributed by atoms with Crippen LogP contribution in [0.2, 0.25) is 0 Å². The van der Waals surface area contributed by atoms with Crippen molar-refractivity contribution in [2.24, 2.45) is 0 Å². The zero-order valence-electron chi connectivity index (χ0n) is 13.6. The first-order valence-electron chi connectivity index (χ1n) is 7.79. The van der Waals surface area contributed by atoms with Gasteiger partial charge in [0.1, 0.15) is 5.82 Å². The molecular weight excluding hydrogens is 350 g/mol. The van der Waals surface area contributed by atoms with Gasteiger partial charge in [0.2, 0.25) is 0 Å². The topological polar surface area (TPSA) is 50.4 Å². The van der Waals surface area contributed by atoms with Crippen LogP contribution in [-0.2, 0) is 17.8 Å². The van der Waals surface area contributed by atoms with E-state index in [9.17, 15) is 13.6 Å². The highest BCUT2D eigenvalue weighted by molar-refractivity contribution is 5.94. The second kappa shape index (κ2) is 8.27. The molecule has 25 heavy (non-hydrogen) atoms. The first-order valence-corrected chi connectivity index (χ1v) is 7.79. The van der Waals surface area contributed by atoms with Gasteiger partial charge in [-0.1, -0.05) is 18.2 Å². The van der Waals surface area contributed by atoms with Crippen LogP contribution in [0, 0.1) is 11.6 Å². The molecule has 1 aliphatic heterocycles. The number of ether oxygens (including phenoxy) is 1. The van der Waals surface area contributed by atoms with E-state index in [-0.39, 0.29) is 23.8 Å². The summed E-state index contributed by atoms with van der Waals surface area (Å²) in [6.07, 6.45) is -0.384. The molecule has 7 heteroatoms. The largest absolute Gasteiger partial charge is 0.478 e. The average Bonchev–Trinajstić information content (AvgIpc) is 2.59. The molecule has 0 spiro atoms. The molecule has 0 saturated heterocycles. The van der Waals surface area contributed by atoms with E-state index in [4.69, 9.17) is 4.74 Å². The van der Waals surface area contributed by atoms with Gasteiger partial charge in [0.25, 0.3) is 5.91 Å². The maximum atomic E-state index is 14.5. The van der Waals surface area contributed by atoms with Crippen LogP contribution < -0.4 is 15.4 Å². The van der Waals surface area contributed by atoms with Gasteiger partial charge in [0, 0.05) is 6.54 Å². The molecule has 0 aromatic heterocycles. The second-order valence-corrected chi connectivity index (χ2v) is 5.67. The predicted molar refractivity (Wildman–Crippen MR) is 94.2 cm³/mol. The van der Waals surface area contributed by atoms with E-state index in [1.54, 1.807) is 12.1 Å². The number of fused-ring (bicyclic) bond motifs is 1. The zero-order chi connectivity index (χ0) is 17.1. The molecule has 2 aromatic rings. The summed E-state index contributed by atoms with van der Waals surface area (Å²) >= 11 is 0. The molecule has 1 atom stereocenters. The van der Waals surface area contributed by atoms with Crippen LogP contribution in [0.5, 0.6) is 5.75 Å². The van der Waals surface area contributed by atoms with Crippen LogP contribution in [0.25, 0.3) is 0 Å². The Labute approximate surface area is 151 Å². The Morgan fingerprint density at radius 3 is 2.76 bits per heavy atom. The number of halogens is 3. The van der Waals surface area contributed by atoms with Crippen LogP contribution in [0.3, 0.4) is 0 Å². The van der Waals surface area contributed by atoms with Crippen molar-refractivity contribution in [2.75, 3.05) is 11.9 Å². The predicted octanol–water partition coefficient (Wildman–Crippen LogP) is 3.44. The van der Waals surface area contributed by atoms with E-state index in [1.807, 2.05) is 0 Å². The number of benzene rings is 2. The van der Waals surface area contributed by atoms with Crippen LogP contribution in [-0.4, -0.2) is 18.6 Å². The molecule has 134 valence electrons. The molecule has 1 heterocycles. The summed E-state index contributed by atoms with van der Waals surface area (Å²) in [7, 11) is 0. The Morgan fingerprint density at radius 2 is 2.00 bits per heavy atom. The first kappa shape index (κ1) is 19.1. The van der Waals surface area contributed by atoms with E-state index in [0.29, 0.717) is 25.1 Å². The third-order valence-electron chi connectivity index (χ3n) is 3.97. The molecule has 2 aromatic carbocycles. The minimum atomic E-state index is -0.959. The van der Waals surface area contributed by atoms with Gasteiger partial charge in [-0.2, -0.15) is 0 Å². The zero-order valence-corrected chi connectivity index (χ0v) is 14.5. The van der Waals surface area contributed by atoms with Gasteiger partial charge in [-0.25, -0.2) is 8.78 Å². The molecule has 0 radical (unpaired) electrons. The SMILES string of the molecule is CC(Oc1ccccc1F)C(=O)Nc1ccc2c(c1F)CCNC2.Cl. The van der Waals surface area contributed by atoms with Crippen LogP contribution in [0.1, 0.15) is 18.1 Å². The summed E-state index contributed by atoms with van der Waals surface area (Å²) in [5.74, 6) is -1.52. The van der Waals surface area contributed by atoms with Gasteiger partial charge in [0.05, 0.1) is 5.69 Å². The van der Waals surface area contributed by atoms with Gasteiger partial charge < -0.3 is 15.4 Å². The number of rotatable bonds is 4. The smallest absolute Gasteiger partial charge is 0.265 e. The molecule has 3 rings (SSSR count). The molecule has 0 fully saturated rings. The summed E-state index contributed by atoms with van der Waals surface area (Å²) < 4.78 is 33.4. The number of para-hydroxylation sites is 1. The number of amides is 1. The molecule has 0 saturated carbocycles. The molecular formula is C18H19ClF2N2O2. The lowest BCUT2D eigenvalue weighted by molar-refractivity contribution is -0.122. The third kappa shape index (κ3) is 4.27. The van der Waals surface area contributed by atoms with E-state index < -0.39 is 23.6 Å². The van der Waals surface area contributed by atoms with Crippen molar-refractivity contribution in [3.63, 3.8) is 0 Å². The highest BCUT2D eigenvalue weighted by Crippen LogP contribution is 2.25. The van der Waals surface area contributed by atoms with Gasteiger partial charge in [-0.05, 0) is 49.2 Å². The molecule has 4 nitrogen and oxygen atoms in total. The van der Waals surface area contributed by atoms with Crippen LogP contribution in [0.4, 0.5) is 14.5 Å². The number of nitrogens with one attached hydrogen (secondary N) is 2. The Bertz CT molecular complexity index is 771. The van der Waals surface area contributed by atoms with Gasteiger partial charge in [-0.15, -0.1) is 12.4 Å². The number of anilines is 1. The average molecular weight is 369 g/mol. The standard InChI is InChI=1S/C18H18F2N2O2.ClH/c1-11(24-16-5-3-2-4-14(16)19)18(23)22-15-7-6-12-10-21-9-8-13(12)17(15)20;/h2-7,11,21H,8-10H2,1H3,(H,22,23);1H. The Kier molecular flexibility index (Phi) is 6.33. The number of carbonyl (C=O) groups excluding carboxylic acids is 1. The van der Waals surface area contributed by atoms with E-state index in [1.165, 1.54) is 31.2 Å². The lowest BCUT2D eigenvalue weighted by atomic mass is 9.99. The van der Waals surface area contributed by atoms with Gasteiger partial charge >= 0.3 is 0 Å². The van der Waals surface area contributed by atoms with Crippen molar-refractivity contribution in [1.82, 2.24) is 5.32 Å². The summed E-state index contributed by atoms with van der Waals surface area (Å²) in [5.41, 5.74) is 1.63. The van der Waals surface area contributed by atoms with Gasteiger partial charge in [-0.3, -0.25) is 4.79 Å². The molecule has 1 amide bonds. The lowest BCUT2D eigenvalue weighted by Crippen LogP contribution is -2.31. The van der Waals surface area contributed by atoms with Gasteiger partial charge in [0.15, 0.2) is 17.7 Å². The number of hydrogen-bond donors (Lipinski definition) is 2. The van der Waals surface area contributed by atoms with Crippen LogP contribution >= 0.6 is 12.4 Å². The quantitative estimate of drug-likeness (QED) is 0.869. The highest BCUT2D eigenvalue weighted by atomic mass is 35.5. The highest BCUT2D eigenvalue weighted by Gasteiger charge is 2.21. The fourth-order valence-corrected chi connectivity index (χ4v) is 2.65. The Balaban J connectivity index is 0.00000225. The van der Waals surface area contributed by atoms with Crippen molar-refractivity contribution < 1.29 is 18.3 Å². The monoisotopic (exact) mass is 368 g/mol. The van der Waals surface area contributed by atoms with Crippen molar-refractivity contribution in [3.8, 4) is 5.75 Å². The second-order valence-electron chi connectivity index (χ2n) is 5.67. The third-order valence-corrected chi connectivity index (χ3v) is 3.97. The summed E-state index contributed by atoms with van der Waals surface area (Å²) in [4.78, 5) is 12.2. The van der Waals surface area contributed by atoms with Crippen molar-refractivity contribution in [3.05, 3.63) is 59.2 Å². The molecule has 2 N–H and O–H groups in total. The minimum Gasteiger partial charge on any atom is -0.478 e. The van der Waals surface area contributed by atoms with Crippen molar-refractivity contribution in [2.45, 2.75) is 26.0 Å². The maximum Gasteiger partial charge on any atom is 0.265 e. The van der Waals surface area contributed by atoms with Crippen molar-refractivity contribution >= 4 is 24.0 Å². The molecule has 1 unspecified atom stereocenters. The fraction of sp³-hybridized carbons (Fsp3) is 0.278. The van der Waals surface area contributed by atoms with E-state index in [2.05, 4.69) is 10.6 Å². The van der Waals surface area contributed by atoms with Crippen molar-refractivity contribution in [1.29, 1.82) is 0 Å². The van der Waals surface area contributed by atoms with E-state index in [0.717, 1.165) is 5.56 Å². The minimum absolute atomic E-state index is 0. The molecule has 1 aliphatic rings. The molecule has 0 aliphatic carbocycles. The van der Waals surface area contributed by atoms with E-state index >= 15 is 0 Å². The summed E-state index contributed by atoms with van der Waals surface area (Å²) in [6, 6.07) is 9.16. The maximum absolute atomic E-state index is 14.5. The number of carbonyl (C=O) groups is 1. The normalized spacial score (nSPS) is 14.0.